The number of hydrogen-bond acceptors (Lipinski definition) is 0. The fourth-order valence-electron chi connectivity index (χ4n) is 4.65. The summed E-state index contributed by atoms with van der Waals surface area (Å²) in [5, 5.41) is 0. The van der Waals surface area contributed by atoms with Crippen LogP contribution in [0.3, 0.4) is 0 Å². The summed E-state index contributed by atoms with van der Waals surface area (Å²) in [5.41, 5.74) is 0. The SMILES string of the molecule is CCC[C@H]1CC[C@H](C2CCC(/C=C/CCCF)CC2)CC1. The Balaban J connectivity index is 1.64. The standard InChI is InChI=1S/C20H35F/c1-2-6-17-8-12-19(13-9-17)20-14-10-18(11-15-20)7-4-3-5-16-21/h4,7,17-20H,2-3,5-6,8-16H2,1H3/b7-4+/t17-,18?,19-,20?. The van der Waals surface area contributed by atoms with E-state index < -0.39 is 0 Å². The molecule has 0 spiro atoms. The molecule has 0 N–H and O–H groups in total. The van der Waals surface area contributed by atoms with E-state index in [9.17, 15) is 4.39 Å². The third-order valence-electron chi connectivity index (χ3n) is 5.98. The second-order valence-electron chi connectivity index (χ2n) is 7.50. The van der Waals surface area contributed by atoms with Gasteiger partial charge in [0.05, 0.1) is 6.67 Å². The summed E-state index contributed by atoms with van der Waals surface area (Å²) in [7, 11) is 0. The highest BCUT2D eigenvalue weighted by Crippen LogP contribution is 2.42. The number of rotatable bonds is 7. The van der Waals surface area contributed by atoms with Gasteiger partial charge in [-0.3, -0.25) is 4.39 Å². The van der Waals surface area contributed by atoms with Gasteiger partial charge in [-0.15, -0.1) is 0 Å². The number of unbranched alkanes of at least 4 members (excludes halogenated alkanes) is 1. The zero-order chi connectivity index (χ0) is 14.9. The monoisotopic (exact) mass is 294 g/mol. The fraction of sp³-hybridized carbons (Fsp3) is 0.900. The Morgan fingerprint density at radius 1 is 0.905 bits per heavy atom. The van der Waals surface area contributed by atoms with E-state index in [1.165, 1.54) is 64.2 Å². The molecule has 0 bridgehead atoms. The minimum absolute atomic E-state index is 0.169. The van der Waals surface area contributed by atoms with Crippen molar-refractivity contribution in [3.05, 3.63) is 12.2 Å². The minimum Gasteiger partial charge on any atom is -0.251 e. The lowest BCUT2D eigenvalue weighted by Crippen LogP contribution is -2.25. The van der Waals surface area contributed by atoms with E-state index in [1.807, 2.05) is 0 Å². The van der Waals surface area contributed by atoms with Crippen molar-refractivity contribution in [2.45, 2.75) is 84.0 Å². The first kappa shape index (κ1) is 17.0. The highest BCUT2D eigenvalue weighted by Gasteiger charge is 2.29. The van der Waals surface area contributed by atoms with E-state index in [1.54, 1.807) is 0 Å². The summed E-state index contributed by atoms with van der Waals surface area (Å²) < 4.78 is 12.1. The zero-order valence-electron chi connectivity index (χ0n) is 14.0. The van der Waals surface area contributed by atoms with Crippen LogP contribution in [0.2, 0.25) is 0 Å². The molecule has 2 aliphatic carbocycles. The molecule has 122 valence electrons. The van der Waals surface area contributed by atoms with Gasteiger partial charge in [-0.1, -0.05) is 44.8 Å². The van der Waals surface area contributed by atoms with E-state index >= 15 is 0 Å². The molecule has 0 heterocycles. The molecule has 0 atom stereocenters. The second-order valence-corrected chi connectivity index (χ2v) is 7.50. The molecule has 2 fully saturated rings. The van der Waals surface area contributed by atoms with Gasteiger partial charge in [0.15, 0.2) is 0 Å². The molecule has 0 aliphatic heterocycles. The van der Waals surface area contributed by atoms with Crippen LogP contribution < -0.4 is 0 Å². The quantitative estimate of drug-likeness (QED) is 0.362. The van der Waals surface area contributed by atoms with Gasteiger partial charge in [-0.25, -0.2) is 0 Å². The van der Waals surface area contributed by atoms with Crippen LogP contribution in [0.1, 0.15) is 84.0 Å². The van der Waals surface area contributed by atoms with Gasteiger partial charge in [0.1, 0.15) is 0 Å². The van der Waals surface area contributed by atoms with E-state index in [2.05, 4.69) is 19.1 Å². The molecule has 0 aromatic carbocycles. The van der Waals surface area contributed by atoms with Crippen molar-refractivity contribution < 1.29 is 4.39 Å². The summed E-state index contributed by atoms with van der Waals surface area (Å²) in [6.45, 7) is 2.16. The van der Waals surface area contributed by atoms with Gasteiger partial charge in [-0.05, 0) is 75.0 Å². The molecule has 0 aromatic rings. The second kappa shape index (κ2) is 9.64. The van der Waals surface area contributed by atoms with E-state index in [0.29, 0.717) is 6.42 Å². The molecule has 1 heteroatoms. The lowest BCUT2D eigenvalue weighted by Gasteiger charge is -2.37. The highest BCUT2D eigenvalue weighted by molar-refractivity contribution is 4.92. The maximum absolute atomic E-state index is 12.1. The van der Waals surface area contributed by atoms with Gasteiger partial charge in [0, 0.05) is 0 Å². The van der Waals surface area contributed by atoms with E-state index in [0.717, 1.165) is 30.1 Å². The average Bonchev–Trinajstić information content (AvgIpc) is 2.53. The van der Waals surface area contributed by atoms with Crippen molar-refractivity contribution in [2.75, 3.05) is 6.67 Å². The van der Waals surface area contributed by atoms with Crippen molar-refractivity contribution in [3.63, 3.8) is 0 Å². The van der Waals surface area contributed by atoms with Crippen LogP contribution in [0.25, 0.3) is 0 Å². The number of hydrogen-bond donors (Lipinski definition) is 0. The van der Waals surface area contributed by atoms with Gasteiger partial charge < -0.3 is 0 Å². The Morgan fingerprint density at radius 3 is 2.10 bits per heavy atom. The molecule has 21 heavy (non-hydrogen) atoms. The molecular weight excluding hydrogens is 259 g/mol. The molecule has 2 rings (SSSR count). The normalized spacial score (nSPS) is 34.4. The Kier molecular flexibility index (Phi) is 7.82. The van der Waals surface area contributed by atoms with E-state index in [4.69, 9.17) is 0 Å². The fourth-order valence-corrected chi connectivity index (χ4v) is 4.65. The maximum Gasteiger partial charge on any atom is 0.0897 e. The van der Waals surface area contributed by atoms with Gasteiger partial charge in [0.25, 0.3) is 0 Å². The smallest absolute Gasteiger partial charge is 0.0897 e. The summed E-state index contributed by atoms with van der Waals surface area (Å²) >= 11 is 0. The lowest BCUT2D eigenvalue weighted by molar-refractivity contribution is 0.152. The molecule has 0 unspecified atom stereocenters. The summed E-state index contributed by atoms with van der Waals surface area (Å²) in [6, 6.07) is 0. The van der Waals surface area contributed by atoms with Gasteiger partial charge in [-0.2, -0.15) is 0 Å². The first-order valence-corrected chi connectivity index (χ1v) is 9.56. The van der Waals surface area contributed by atoms with Crippen LogP contribution in [0.15, 0.2) is 12.2 Å². The predicted octanol–water partition coefficient (Wildman–Crippen LogP) is 6.71. The molecular formula is C20H35F. The summed E-state index contributed by atoms with van der Waals surface area (Å²) in [5.74, 6) is 3.89. The molecule has 0 nitrogen and oxygen atoms in total. The Labute approximate surface area is 131 Å². The van der Waals surface area contributed by atoms with E-state index in [-0.39, 0.29) is 6.67 Å². The third kappa shape index (κ3) is 5.75. The molecule has 2 saturated carbocycles. The van der Waals surface area contributed by atoms with Gasteiger partial charge in [0.2, 0.25) is 0 Å². The van der Waals surface area contributed by atoms with Crippen LogP contribution >= 0.6 is 0 Å². The predicted molar refractivity (Wildman–Crippen MR) is 90.2 cm³/mol. The van der Waals surface area contributed by atoms with Crippen LogP contribution in [-0.4, -0.2) is 6.67 Å². The van der Waals surface area contributed by atoms with Crippen molar-refractivity contribution in [1.82, 2.24) is 0 Å². The van der Waals surface area contributed by atoms with Crippen LogP contribution in [0.4, 0.5) is 4.39 Å². The zero-order valence-corrected chi connectivity index (χ0v) is 14.0. The lowest BCUT2D eigenvalue weighted by atomic mass is 9.68. The Hall–Kier alpha value is -0.330. The Morgan fingerprint density at radius 2 is 1.52 bits per heavy atom. The van der Waals surface area contributed by atoms with Crippen LogP contribution in [-0.2, 0) is 0 Å². The first-order valence-electron chi connectivity index (χ1n) is 9.56. The Bertz CT molecular complexity index is 280. The van der Waals surface area contributed by atoms with Crippen LogP contribution in [0, 0.1) is 23.7 Å². The summed E-state index contributed by atoms with van der Waals surface area (Å²) in [6.07, 6.45) is 20.7. The van der Waals surface area contributed by atoms with Crippen molar-refractivity contribution >= 4 is 0 Å². The topological polar surface area (TPSA) is 0 Å². The number of allylic oxidation sites excluding steroid dienone is 2. The van der Waals surface area contributed by atoms with Crippen molar-refractivity contribution in [3.8, 4) is 0 Å². The molecule has 0 radical (unpaired) electrons. The third-order valence-corrected chi connectivity index (χ3v) is 5.98. The molecule has 0 saturated heterocycles. The largest absolute Gasteiger partial charge is 0.251 e. The molecule has 0 aromatic heterocycles. The van der Waals surface area contributed by atoms with Crippen molar-refractivity contribution in [1.29, 1.82) is 0 Å². The van der Waals surface area contributed by atoms with Crippen molar-refractivity contribution in [2.24, 2.45) is 23.7 Å². The minimum atomic E-state index is -0.169. The molecule has 2 aliphatic rings. The highest BCUT2D eigenvalue weighted by atomic mass is 19.1. The number of alkyl halides is 1. The maximum atomic E-state index is 12.1. The average molecular weight is 294 g/mol. The molecule has 0 amide bonds. The number of halogens is 1. The van der Waals surface area contributed by atoms with Crippen LogP contribution in [0.5, 0.6) is 0 Å². The van der Waals surface area contributed by atoms with Gasteiger partial charge >= 0.3 is 0 Å². The first-order chi connectivity index (χ1) is 10.3. The summed E-state index contributed by atoms with van der Waals surface area (Å²) in [4.78, 5) is 0.